The summed E-state index contributed by atoms with van der Waals surface area (Å²) in [5, 5.41) is 2.34. The average Bonchev–Trinajstić information content (AvgIpc) is 2.57. The zero-order valence-corrected chi connectivity index (χ0v) is 13.0. The van der Waals surface area contributed by atoms with Crippen molar-refractivity contribution in [3.05, 3.63) is 65.2 Å². The number of halogens is 3. The van der Waals surface area contributed by atoms with Gasteiger partial charge in [0.05, 0.1) is 12.1 Å². The molecule has 0 unspecified atom stereocenters. The van der Waals surface area contributed by atoms with Gasteiger partial charge in [-0.15, -0.1) is 0 Å². The molecular weight excluding hydrogens is 337 g/mol. The van der Waals surface area contributed by atoms with Crippen molar-refractivity contribution in [3.63, 3.8) is 0 Å². The second-order valence-electron chi connectivity index (χ2n) is 5.16. The molecule has 0 aliphatic carbocycles. The SMILES string of the molecule is NC(=O)CNC(=O)c1cccc(OCc2ccc(C(F)(F)F)cc2)c1. The first-order chi connectivity index (χ1) is 11.8. The van der Waals surface area contributed by atoms with E-state index in [1.807, 2.05) is 0 Å². The van der Waals surface area contributed by atoms with Gasteiger partial charge in [-0.1, -0.05) is 18.2 Å². The summed E-state index contributed by atoms with van der Waals surface area (Å²) in [5.74, 6) is -0.784. The molecule has 2 rings (SSSR count). The van der Waals surface area contributed by atoms with Gasteiger partial charge in [-0.25, -0.2) is 0 Å². The van der Waals surface area contributed by atoms with Crippen LogP contribution < -0.4 is 15.8 Å². The summed E-state index contributed by atoms with van der Waals surface area (Å²) < 4.78 is 43.0. The van der Waals surface area contributed by atoms with Gasteiger partial charge in [0.2, 0.25) is 5.91 Å². The van der Waals surface area contributed by atoms with E-state index in [1.54, 1.807) is 12.1 Å². The smallest absolute Gasteiger partial charge is 0.416 e. The fraction of sp³-hybridized carbons (Fsp3) is 0.176. The van der Waals surface area contributed by atoms with Crippen molar-refractivity contribution < 1.29 is 27.5 Å². The first kappa shape index (κ1) is 18.3. The minimum Gasteiger partial charge on any atom is -0.489 e. The summed E-state index contributed by atoms with van der Waals surface area (Å²) in [6.07, 6.45) is -4.38. The van der Waals surface area contributed by atoms with Gasteiger partial charge in [0, 0.05) is 5.56 Å². The van der Waals surface area contributed by atoms with Crippen molar-refractivity contribution >= 4 is 11.8 Å². The summed E-state index contributed by atoms with van der Waals surface area (Å²) in [5.41, 5.74) is 5.04. The summed E-state index contributed by atoms with van der Waals surface area (Å²) in [6, 6.07) is 10.8. The first-order valence-electron chi connectivity index (χ1n) is 7.21. The van der Waals surface area contributed by atoms with Crippen LogP contribution >= 0.6 is 0 Å². The van der Waals surface area contributed by atoms with Crippen molar-refractivity contribution in [1.29, 1.82) is 0 Å². The van der Waals surface area contributed by atoms with Crippen molar-refractivity contribution in [2.45, 2.75) is 12.8 Å². The van der Waals surface area contributed by atoms with E-state index < -0.39 is 23.6 Å². The van der Waals surface area contributed by atoms with E-state index in [1.165, 1.54) is 24.3 Å². The molecule has 5 nitrogen and oxygen atoms in total. The van der Waals surface area contributed by atoms with Gasteiger partial charge in [0.25, 0.3) is 5.91 Å². The van der Waals surface area contributed by atoms with Crippen molar-refractivity contribution in [3.8, 4) is 5.75 Å². The van der Waals surface area contributed by atoms with Gasteiger partial charge < -0.3 is 15.8 Å². The third kappa shape index (κ3) is 5.52. The van der Waals surface area contributed by atoms with E-state index in [4.69, 9.17) is 10.5 Å². The Bertz CT molecular complexity index is 758. The molecule has 0 aromatic heterocycles. The predicted octanol–water partition coefficient (Wildman–Crippen LogP) is 2.50. The zero-order chi connectivity index (χ0) is 18.4. The molecule has 0 bridgehead atoms. The van der Waals surface area contributed by atoms with E-state index in [0.717, 1.165) is 12.1 Å². The second kappa shape index (κ2) is 7.69. The number of alkyl halides is 3. The van der Waals surface area contributed by atoms with E-state index >= 15 is 0 Å². The molecule has 3 N–H and O–H groups in total. The Labute approximate surface area is 141 Å². The number of hydrogen-bond donors (Lipinski definition) is 2. The zero-order valence-electron chi connectivity index (χ0n) is 13.0. The predicted molar refractivity (Wildman–Crippen MR) is 83.7 cm³/mol. The second-order valence-corrected chi connectivity index (χ2v) is 5.16. The summed E-state index contributed by atoms with van der Waals surface area (Å²) in [7, 11) is 0. The number of primary amides is 1. The lowest BCUT2D eigenvalue weighted by Gasteiger charge is -2.10. The lowest BCUT2D eigenvalue weighted by atomic mass is 10.1. The maximum atomic E-state index is 12.5. The summed E-state index contributed by atoms with van der Waals surface area (Å²) >= 11 is 0. The lowest BCUT2D eigenvalue weighted by Crippen LogP contribution is -2.33. The number of nitrogens with one attached hydrogen (secondary N) is 1. The number of nitrogens with two attached hydrogens (primary N) is 1. The highest BCUT2D eigenvalue weighted by atomic mass is 19.4. The highest BCUT2D eigenvalue weighted by Crippen LogP contribution is 2.29. The Kier molecular flexibility index (Phi) is 5.63. The molecule has 0 radical (unpaired) electrons. The number of benzene rings is 2. The van der Waals surface area contributed by atoms with Crippen LogP contribution in [0.2, 0.25) is 0 Å². The van der Waals surface area contributed by atoms with Crippen LogP contribution in [0.25, 0.3) is 0 Å². The Morgan fingerprint density at radius 3 is 2.36 bits per heavy atom. The van der Waals surface area contributed by atoms with Crippen LogP contribution in [0.5, 0.6) is 5.75 Å². The van der Waals surface area contributed by atoms with Crippen LogP contribution in [0.4, 0.5) is 13.2 Å². The molecule has 0 saturated carbocycles. The van der Waals surface area contributed by atoms with Crippen molar-refractivity contribution in [2.24, 2.45) is 5.73 Å². The number of carbonyl (C=O) groups is 2. The fourth-order valence-electron chi connectivity index (χ4n) is 1.95. The van der Waals surface area contributed by atoms with Crippen LogP contribution in [0.15, 0.2) is 48.5 Å². The Morgan fingerprint density at radius 1 is 1.08 bits per heavy atom. The van der Waals surface area contributed by atoms with Gasteiger partial charge in [-0.05, 0) is 35.9 Å². The normalized spacial score (nSPS) is 11.0. The van der Waals surface area contributed by atoms with Gasteiger partial charge in [0.1, 0.15) is 12.4 Å². The van der Waals surface area contributed by atoms with Crippen molar-refractivity contribution in [1.82, 2.24) is 5.32 Å². The Morgan fingerprint density at radius 2 is 1.76 bits per heavy atom. The largest absolute Gasteiger partial charge is 0.489 e. The van der Waals surface area contributed by atoms with Crippen LogP contribution in [0.3, 0.4) is 0 Å². The summed E-state index contributed by atoms with van der Waals surface area (Å²) in [4.78, 5) is 22.5. The van der Waals surface area contributed by atoms with Crippen LogP contribution in [-0.2, 0) is 17.6 Å². The van der Waals surface area contributed by atoms with Crippen LogP contribution in [-0.4, -0.2) is 18.4 Å². The quantitative estimate of drug-likeness (QED) is 0.838. The molecule has 2 aromatic carbocycles. The molecule has 0 aliphatic heterocycles. The van der Waals surface area contributed by atoms with Crippen LogP contribution in [0, 0.1) is 0 Å². The van der Waals surface area contributed by atoms with E-state index in [-0.39, 0.29) is 18.7 Å². The van der Waals surface area contributed by atoms with Gasteiger partial charge in [-0.3, -0.25) is 9.59 Å². The monoisotopic (exact) mass is 352 g/mol. The van der Waals surface area contributed by atoms with E-state index in [9.17, 15) is 22.8 Å². The number of rotatable bonds is 6. The average molecular weight is 352 g/mol. The molecule has 2 amide bonds. The maximum absolute atomic E-state index is 12.5. The standard InChI is InChI=1S/C17H15F3N2O3/c18-17(19,20)13-6-4-11(5-7-13)10-25-14-3-1-2-12(8-14)16(24)22-9-15(21)23/h1-8H,9-10H2,(H2,21,23)(H,22,24). The minimum absolute atomic E-state index is 0.0461. The summed E-state index contributed by atoms with van der Waals surface area (Å²) in [6.45, 7) is -0.236. The highest BCUT2D eigenvalue weighted by molar-refractivity contribution is 5.96. The Hall–Kier alpha value is -3.03. The minimum atomic E-state index is -4.38. The lowest BCUT2D eigenvalue weighted by molar-refractivity contribution is -0.137. The maximum Gasteiger partial charge on any atom is 0.416 e. The number of hydrogen-bond acceptors (Lipinski definition) is 3. The third-order valence-corrected chi connectivity index (χ3v) is 3.21. The molecule has 0 fully saturated rings. The van der Waals surface area contributed by atoms with E-state index in [0.29, 0.717) is 11.3 Å². The molecular formula is C17H15F3N2O3. The van der Waals surface area contributed by atoms with E-state index in [2.05, 4.69) is 5.32 Å². The number of amides is 2. The fourth-order valence-corrected chi connectivity index (χ4v) is 1.95. The number of carbonyl (C=O) groups excluding carboxylic acids is 2. The van der Waals surface area contributed by atoms with Gasteiger partial charge >= 0.3 is 6.18 Å². The molecule has 0 heterocycles. The van der Waals surface area contributed by atoms with Crippen LogP contribution in [0.1, 0.15) is 21.5 Å². The highest BCUT2D eigenvalue weighted by Gasteiger charge is 2.29. The first-order valence-corrected chi connectivity index (χ1v) is 7.21. The molecule has 132 valence electrons. The molecule has 8 heteroatoms. The topological polar surface area (TPSA) is 81.4 Å². The number of ether oxygens (including phenoxy) is 1. The molecule has 0 aliphatic rings. The molecule has 0 atom stereocenters. The molecule has 2 aromatic rings. The third-order valence-electron chi connectivity index (χ3n) is 3.21. The molecule has 0 saturated heterocycles. The van der Waals surface area contributed by atoms with Gasteiger partial charge in [-0.2, -0.15) is 13.2 Å². The Balaban J connectivity index is 1.98. The van der Waals surface area contributed by atoms with Crippen molar-refractivity contribution in [2.75, 3.05) is 6.54 Å². The molecule has 25 heavy (non-hydrogen) atoms. The molecule has 0 spiro atoms. The van der Waals surface area contributed by atoms with Gasteiger partial charge in [0.15, 0.2) is 0 Å².